The highest BCUT2D eigenvalue weighted by molar-refractivity contribution is 5.64. The first-order valence-corrected chi connectivity index (χ1v) is 9.98. The Morgan fingerprint density at radius 1 is 0.840 bits per heavy atom. The molecule has 0 N–H and O–H groups in total. The first kappa shape index (κ1) is 18.2. The Balaban J connectivity index is 1.59. The van der Waals surface area contributed by atoms with Crippen LogP contribution in [0.15, 0.2) is 48.5 Å². The van der Waals surface area contributed by atoms with Crippen LogP contribution in [0, 0.1) is 5.92 Å². The topological polar surface area (TPSA) is 9.23 Å². The van der Waals surface area contributed by atoms with Crippen LogP contribution < -0.4 is 0 Å². The van der Waals surface area contributed by atoms with Gasteiger partial charge in [-0.1, -0.05) is 74.7 Å². The fourth-order valence-corrected chi connectivity index (χ4v) is 4.19. The summed E-state index contributed by atoms with van der Waals surface area (Å²) in [5, 5.41) is 0. The van der Waals surface area contributed by atoms with Crippen molar-refractivity contribution in [2.24, 2.45) is 5.92 Å². The molecule has 134 valence electrons. The van der Waals surface area contributed by atoms with Gasteiger partial charge in [0.15, 0.2) is 0 Å². The molecule has 0 radical (unpaired) electrons. The molecule has 0 saturated heterocycles. The van der Waals surface area contributed by atoms with Crippen molar-refractivity contribution >= 4 is 0 Å². The summed E-state index contributed by atoms with van der Waals surface area (Å²) in [4.78, 5) is 0. The lowest BCUT2D eigenvalue weighted by molar-refractivity contribution is 0.185. The minimum atomic E-state index is 0.681. The fraction of sp³-hybridized carbons (Fsp3) is 0.500. The number of benzene rings is 2. The maximum absolute atomic E-state index is 5.19. The minimum Gasteiger partial charge on any atom is -0.380 e. The van der Waals surface area contributed by atoms with Gasteiger partial charge in [0.1, 0.15) is 0 Å². The molecule has 0 amide bonds. The van der Waals surface area contributed by atoms with Gasteiger partial charge in [0.2, 0.25) is 0 Å². The monoisotopic (exact) mass is 336 g/mol. The van der Waals surface area contributed by atoms with Gasteiger partial charge in [-0.05, 0) is 59.8 Å². The van der Waals surface area contributed by atoms with E-state index in [1.54, 1.807) is 7.11 Å². The third-order valence-electron chi connectivity index (χ3n) is 5.79. The normalized spacial score (nSPS) is 20.6. The fourth-order valence-electron chi connectivity index (χ4n) is 4.19. The molecule has 2 aromatic carbocycles. The molecule has 0 aromatic heterocycles. The van der Waals surface area contributed by atoms with Crippen molar-refractivity contribution in [3.8, 4) is 11.1 Å². The summed E-state index contributed by atoms with van der Waals surface area (Å²) >= 11 is 0. The predicted molar refractivity (Wildman–Crippen MR) is 107 cm³/mol. The van der Waals surface area contributed by atoms with Gasteiger partial charge in [-0.2, -0.15) is 0 Å². The molecule has 1 heteroatoms. The van der Waals surface area contributed by atoms with E-state index in [1.807, 2.05) is 0 Å². The largest absolute Gasteiger partial charge is 0.380 e. The molecule has 1 saturated carbocycles. The van der Waals surface area contributed by atoms with Crippen LogP contribution in [0.1, 0.15) is 68.9 Å². The predicted octanol–water partition coefficient (Wildman–Crippen LogP) is 6.96. The summed E-state index contributed by atoms with van der Waals surface area (Å²) in [6, 6.07) is 18.0. The van der Waals surface area contributed by atoms with Crippen LogP contribution in [-0.4, -0.2) is 7.11 Å². The van der Waals surface area contributed by atoms with Crippen LogP contribution in [-0.2, 0) is 11.3 Å². The molecular weight excluding hydrogens is 304 g/mol. The summed E-state index contributed by atoms with van der Waals surface area (Å²) in [5.74, 6) is 1.76. The molecule has 1 aliphatic carbocycles. The first-order valence-electron chi connectivity index (χ1n) is 9.98. The number of ether oxygens (including phenoxy) is 1. The zero-order chi connectivity index (χ0) is 17.5. The highest BCUT2D eigenvalue weighted by atomic mass is 16.5. The molecule has 2 aromatic rings. The maximum Gasteiger partial charge on any atom is 0.0713 e. The second-order valence-corrected chi connectivity index (χ2v) is 7.61. The van der Waals surface area contributed by atoms with E-state index in [0.29, 0.717) is 6.61 Å². The lowest BCUT2D eigenvalue weighted by Gasteiger charge is -2.29. The van der Waals surface area contributed by atoms with E-state index in [-0.39, 0.29) is 0 Å². The quantitative estimate of drug-likeness (QED) is 0.531. The average Bonchev–Trinajstić information content (AvgIpc) is 2.68. The van der Waals surface area contributed by atoms with E-state index < -0.39 is 0 Å². The summed E-state index contributed by atoms with van der Waals surface area (Å²) in [7, 11) is 1.74. The molecule has 0 unspecified atom stereocenters. The van der Waals surface area contributed by atoms with Gasteiger partial charge >= 0.3 is 0 Å². The SMILES string of the molecule is CCCCC1CCC(c2ccc(-c3ccc(COC)cc3)cc2)CC1. The Morgan fingerprint density at radius 3 is 2.00 bits per heavy atom. The molecule has 0 atom stereocenters. The van der Waals surface area contributed by atoms with E-state index in [0.717, 1.165) is 11.8 Å². The number of unbranched alkanes of at least 4 members (excludes halogenated alkanes) is 1. The second kappa shape index (κ2) is 9.20. The van der Waals surface area contributed by atoms with E-state index in [2.05, 4.69) is 55.5 Å². The van der Waals surface area contributed by atoms with Gasteiger partial charge in [0.05, 0.1) is 6.61 Å². The second-order valence-electron chi connectivity index (χ2n) is 7.61. The van der Waals surface area contributed by atoms with E-state index in [4.69, 9.17) is 4.74 Å². The highest BCUT2D eigenvalue weighted by Gasteiger charge is 2.21. The number of hydrogen-bond donors (Lipinski definition) is 0. The molecule has 1 aliphatic rings. The number of methoxy groups -OCH3 is 1. The van der Waals surface area contributed by atoms with Crippen LogP contribution in [0.5, 0.6) is 0 Å². The molecule has 0 aliphatic heterocycles. The van der Waals surface area contributed by atoms with Gasteiger partial charge in [0.25, 0.3) is 0 Å². The molecular formula is C24H32O. The van der Waals surface area contributed by atoms with Crippen LogP contribution in [0.2, 0.25) is 0 Å². The molecule has 25 heavy (non-hydrogen) atoms. The zero-order valence-corrected chi connectivity index (χ0v) is 15.8. The Morgan fingerprint density at radius 2 is 1.44 bits per heavy atom. The Hall–Kier alpha value is -1.60. The molecule has 0 bridgehead atoms. The van der Waals surface area contributed by atoms with Crippen molar-refractivity contribution in [1.29, 1.82) is 0 Å². The van der Waals surface area contributed by atoms with Crippen molar-refractivity contribution in [3.05, 3.63) is 59.7 Å². The summed E-state index contributed by atoms with van der Waals surface area (Å²) in [5.41, 5.74) is 5.36. The Kier molecular flexibility index (Phi) is 6.69. The smallest absolute Gasteiger partial charge is 0.0713 e. The van der Waals surface area contributed by atoms with Crippen LogP contribution >= 0.6 is 0 Å². The van der Waals surface area contributed by atoms with Crippen LogP contribution in [0.4, 0.5) is 0 Å². The van der Waals surface area contributed by atoms with E-state index in [9.17, 15) is 0 Å². The molecule has 0 heterocycles. The standard InChI is InChI=1S/C24H32O/c1-3-4-5-19-6-10-21(11-7-19)23-14-16-24(17-15-23)22-12-8-20(9-13-22)18-25-2/h8-9,12-17,19,21H,3-7,10-11,18H2,1-2H3. The van der Waals surface area contributed by atoms with Crippen molar-refractivity contribution in [2.45, 2.75) is 64.4 Å². The molecule has 3 rings (SSSR count). The maximum atomic E-state index is 5.19. The van der Waals surface area contributed by atoms with Crippen molar-refractivity contribution in [1.82, 2.24) is 0 Å². The third-order valence-corrected chi connectivity index (χ3v) is 5.79. The van der Waals surface area contributed by atoms with Gasteiger partial charge < -0.3 is 4.74 Å². The Labute approximate surface area is 153 Å². The van der Waals surface area contributed by atoms with Crippen LogP contribution in [0.3, 0.4) is 0 Å². The highest BCUT2D eigenvalue weighted by Crippen LogP contribution is 2.38. The van der Waals surface area contributed by atoms with Crippen molar-refractivity contribution < 1.29 is 4.74 Å². The van der Waals surface area contributed by atoms with Crippen molar-refractivity contribution in [3.63, 3.8) is 0 Å². The van der Waals surface area contributed by atoms with Crippen LogP contribution in [0.25, 0.3) is 11.1 Å². The van der Waals surface area contributed by atoms with Gasteiger partial charge in [-0.15, -0.1) is 0 Å². The average molecular weight is 337 g/mol. The first-order chi connectivity index (χ1) is 12.3. The molecule has 1 nitrogen and oxygen atoms in total. The minimum absolute atomic E-state index is 0.681. The molecule has 1 fully saturated rings. The third kappa shape index (κ3) is 4.95. The summed E-state index contributed by atoms with van der Waals surface area (Å²) in [6.45, 7) is 2.98. The molecule has 0 spiro atoms. The van der Waals surface area contributed by atoms with E-state index in [1.165, 1.54) is 67.2 Å². The lowest BCUT2D eigenvalue weighted by atomic mass is 9.77. The number of rotatable bonds is 7. The summed E-state index contributed by atoms with van der Waals surface area (Å²) < 4.78 is 5.19. The lowest BCUT2D eigenvalue weighted by Crippen LogP contribution is -2.13. The van der Waals surface area contributed by atoms with E-state index >= 15 is 0 Å². The Bertz CT molecular complexity index is 618. The van der Waals surface area contributed by atoms with Gasteiger partial charge in [-0.25, -0.2) is 0 Å². The van der Waals surface area contributed by atoms with Gasteiger partial charge in [0, 0.05) is 7.11 Å². The summed E-state index contributed by atoms with van der Waals surface area (Å²) in [6.07, 6.45) is 9.79. The number of hydrogen-bond acceptors (Lipinski definition) is 1. The van der Waals surface area contributed by atoms with Crippen molar-refractivity contribution in [2.75, 3.05) is 7.11 Å². The van der Waals surface area contributed by atoms with Gasteiger partial charge in [-0.3, -0.25) is 0 Å². The zero-order valence-electron chi connectivity index (χ0n) is 15.8.